The highest BCUT2D eigenvalue weighted by atomic mass is 32.1. The number of aromatic nitrogens is 4. The van der Waals surface area contributed by atoms with Gasteiger partial charge in [0, 0.05) is 34.9 Å². The minimum atomic E-state index is 0.897. The van der Waals surface area contributed by atoms with Gasteiger partial charge in [-0.2, -0.15) is 0 Å². The Morgan fingerprint density at radius 1 is 0.567 bits per heavy atom. The zero-order valence-electron chi connectivity index (χ0n) is 15.8. The third-order valence-electron chi connectivity index (χ3n) is 5.11. The number of rotatable bonds is 4. The number of fused-ring (bicyclic) bond motifs is 1. The molecule has 4 nitrogen and oxygen atoms in total. The van der Waals surface area contributed by atoms with Crippen molar-refractivity contribution in [2.75, 3.05) is 0 Å². The van der Waals surface area contributed by atoms with Crippen LogP contribution in [0.2, 0.25) is 0 Å². The molecule has 1 aromatic carbocycles. The summed E-state index contributed by atoms with van der Waals surface area (Å²) in [5, 5.41) is 4.17. The normalized spacial score (nSPS) is 11.3. The van der Waals surface area contributed by atoms with Crippen LogP contribution in [0.1, 0.15) is 0 Å². The van der Waals surface area contributed by atoms with Crippen LogP contribution in [0.25, 0.3) is 54.7 Å². The van der Waals surface area contributed by atoms with Crippen molar-refractivity contribution in [1.82, 2.24) is 19.9 Å². The van der Waals surface area contributed by atoms with E-state index in [0.717, 1.165) is 54.7 Å². The lowest BCUT2D eigenvalue weighted by molar-refractivity contribution is 1.30. The van der Waals surface area contributed by atoms with E-state index in [1.165, 1.54) is 0 Å². The Hall–Kier alpha value is -3.48. The molecule has 0 aliphatic heterocycles. The zero-order valence-corrected chi connectivity index (χ0v) is 17.4. The molecule has 0 atom stereocenters. The first kappa shape index (κ1) is 17.4. The molecule has 0 radical (unpaired) electrons. The molecule has 30 heavy (non-hydrogen) atoms. The number of nitrogens with zero attached hydrogens (tertiary/aromatic N) is 2. The molecule has 0 unspecified atom stereocenters. The number of aromatic amines is 2. The SMILES string of the molecule is c1c[nH]c(-c2ccc(-c3ccc[nH]3)c3nc(-c4cccs4)c(-c4cccs4)nc23)c1. The van der Waals surface area contributed by atoms with E-state index in [9.17, 15) is 0 Å². The van der Waals surface area contributed by atoms with Gasteiger partial charge in [0.25, 0.3) is 0 Å². The summed E-state index contributed by atoms with van der Waals surface area (Å²) in [5.41, 5.74) is 7.82. The molecular weight excluding hydrogens is 408 g/mol. The van der Waals surface area contributed by atoms with Crippen molar-refractivity contribution in [2.45, 2.75) is 0 Å². The van der Waals surface area contributed by atoms with Crippen LogP contribution < -0.4 is 0 Å². The highest BCUT2D eigenvalue weighted by molar-refractivity contribution is 7.14. The van der Waals surface area contributed by atoms with Gasteiger partial charge in [0.1, 0.15) is 11.4 Å². The second kappa shape index (κ2) is 7.09. The quantitative estimate of drug-likeness (QED) is 0.318. The summed E-state index contributed by atoms with van der Waals surface area (Å²) in [7, 11) is 0. The molecule has 0 aliphatic rings. The van der Waals surface area contributed by atoms with E-state index in [2.05, 4.69) is 69.3 Å². The molecule has 0 amide bonds. The molecule has 0 saturated carbocycles. The number of benzene rings is 1. The van der Waals surface area contributed by atoms with Gasteiger partial charge in [-0.05, 0) is 59.3 Å². The van der Waals surface area contributed by atoms with Gasteiger partial charge >= 0.3 is 0 Å². The third kappa shape index (κ3) is 2.81. The molecular formula is C24H16N4S2. The lowest BCUT2D eigenvalue weighted by atomic mass is 10.0. The van der Waals surface area contributed by atoms with Crippen LogP contribution in [0.5, 0.6) is 0 Å². The molecule has 0 spiro atoms. The van der Waals surface area contributed by atoms with E-state index >= 15 is 0 Å². The number of H-pyrrole nitrogens is 2. The van der Waals surface area contributed by atoms with Gasteiger partial charge in [-0.3, -0.25) is 0 Å². The van der Waals surface area contributed by atoms with Crippen LogP contribution in [0, 0.1) is 0 Å². The molecule has 6 rings (SSSR count). The predicted octanol–water partition coefficient (Wildman–Crippen LogP) is 7.08. The molecule has 0 fully saturated rings. The Balaban J connectivity index is 1.74. The maximum absolute atomic E-state index is 5.22. The van der Waals surface area contributed by atoms with E-state index in [-0.39, 0.29) is 0 Å². The van der Waals surface area contributed by atoms with Gasteiger partial charge in [-0.25, -0.2) is 9.97 Å². The summed E-state index contributed by atoms with van der Waals surface area (Å²) in [5.74, 6) is 0. The number of thiophene rings is 2. The fourth-order valence-corrected chi connectivity index (χ4v) is 5.17. The summed E-state index contributed by atoms with van der Waals surface area (Å²) in [6, 6.07) is 20.8. The molecule has 0 aliphatic carbocycles. The Morgan fingerprint density at radius 3 is 1.43 bits per heavy atom. The van der Waals surface area contributed by atoms with Crippen LogP contribution in [0.3, 0.4) is 0 Å². The lowest BCUT2D eigenvalue weighted by Gasteiger charge is -2.13. The Labute approximate surface area is 180 Å². The monoisotopic (exact) mass is 424 g/mol. The predicted molar refractivity (Wildman–Crippen MR) is 126 cm³/mol. The van der Waals surface area contributed by atoms with Crippen molar-refractivity contribution < 1.29 is 0 Å². The summed E-state index contributed by atoms with van der Waals surface area (Å²) in [6.45, 7) is 0. The Morgan fingerprint density at radius 2 is 1.07 bits per heavy atom. The summed E-state index contributed by atoms with van der Waals surface area (Å²) in [4.78, 5) is 19.3. The zero-order chi connectivity index (χ0) is 19.9. The standard InChI is InChI=1S/C24H16N4S2/c1-5-17(25-11-1)15-9-10-16(18-6-2-12-26-18)22-21(15)27-23(19-7-3-13-29-19)24(28-22)20-8-4-14-30-20/h1-14,25-26H. The molecule has 6 aromatic rings. The summed E-state index contributed by atoms with van der Waals surface area (Å²) in [6.07, 6.45) is 3.88. The Kier molecular flexibility index (Phi) is 4.11. The highest BCUT2D eigenvalue weighted by Crippen LogP contribution is 2.39. The molecule has 5 heterocycles. The first-order valence-corrected chi connectivity index (χ1v) is 11.3. The molecule has 0 saturated heterocycles. The highest BCUT2D eigenvalue weighted by Gasteiger charge is 2.20. The minimum absolute atomic E-state index is 0.897. The Bertz CT molecular complexity index is 1300. The number of hydrogen-bond acceptors (Lipinski definition) is 4. The van der Waals surface area contributed by atoms with E-state index in [1.807, 2.05) is 24.5 Å². The largest absolute Gasteiger partial charge is 0.361 e. The fraction of sp³-hybridized carbons (Fsp3) is 0. The first-order chi connectivity index (χ1) is 14.9. The topological polar surface area (TPSA) is 57.4 Å². The molecule has 6 heteroatoms. The molecule has 2 N–H and O–H groups in total. The second-order valence-corrected chi connectivity index (χ2v) is 8.80. The van der Waals surface area contributed by atoms with Gasteiger partial charge in [0.05, 0.1) is 20.8 Å². The van der Waals surface area contributed by atoms with Crippen LogP contribution in [-0.2, 0) is 0 Å². The number of hydrogen-bond donors (Lipinski definition) is 2. The summed E-state index contributed by atoms with van der Waals surface area (Å²) < 4.78 is 0. The van der Waals surface area contributed by atoms with Crippen LogP contribution >= 0.6 is 22.7 Å². The van der Waals surface area contributed by atoms with E-state index in [4.69, 9.17) is 9.97 Å². The van der Waals surface area contributed by atoms with Crippen molar-refractivity contribution in [3.05, 3.63) is 83.8 Å². The smallest absolute Gasteiger partial charge is 0.108 e. The van der Waals surface area contributed by atoms with E-state index < -0.39 is 0 Å². The number of nitrogens with one attached hydrogen (secondary N) is 2. The minimum Gasteiger partial charge on any atom is -0.361 e. The van der Waals surface area contributed by atoms with Crippen molar-refractivity contribution in [3.63, 3.8) is 0 Å². The first-order valence-electron chi connectivity index (χ1n) is 9.58. The van der Waals surface area contributed by atoms with Gasteiger partial charge in [-0.1, -0.05) is 12.1 Å². The average molecular weight is 425 g/mol. The van der Waals surface area contributed by atoms with Gasteiger partial charge in [0.2, 0.25) is 0 Å². The second-order valence-electron chi connectivity index (χ2n) is 6.90. The maximum atomic E-state index is 5.22. The van der Waals surface area contributed by atoms with Gasteiger partial charge in [-0.15, -0.1) is 22.7 Å². The van der Waals surface area contributed by atoms with Gasteiger partial charge in [0.15, 0.2) is 0 Å². The third-order valence-corrected chi connectivity index (χ3v) is 6.86. The average Bonchev–Trinajstić information content (AvgIpc) is 3.60. The van der Waals surface area contributed by atoms with Crippen molar-refractivity contribution >= 4 is 33.7 Å². The molecule has 5 aromatic heterocycles. The maximum Gasteiger partial charge on any atom is 0.108 e. The van der Waals surface area contributed by atoms with Crippen molar-refractivity contribution in [3.8, 4) is 43.7 Å². The van der Waals surface area contributed by atoms with Crippen molar-refractivity contribution in [1.29, 1.82) is 0 Å². The fourth-order valence-electron chi connectivity index (χ4n) is 3.74. The van der Waals surface area contributed by atoms with Crippen LogP contribution in [0.4, 0.5) is 0 Å². The van der Waals surface area contributed by atoms with Crippen LogP contribution in [-0.4, -0.2) is 19.9 Å². The molecule has 144 valence electrons. The van der Waals surface area contributed by atoms with Gasteiger partial charge < -0.3 is 9.97 Å². The molecule has 0 bridgehead atoms. The lowest BCUT2D eigenvalue weighted by Crippen LogP contribution is -1.97. The van der Waals surface area contributed by atoms with Crippen LogP contribution in [0.15, 0.2) is 83.8 Å². The summed E-state index contributed by atoms with van der Waals surface area (Å²) >= 11 is 3.38. The van der Waals surface area contributed by atoms with Crippen molar-refractivity contribution in [2.24, 2.45) is 0 Å². The van der Waals surface area contributed by atoms with E-state index in [1.54, 1.807) is 22.7 Å². The van der Waals surface area contributed by atoms with E-state index in [0.29, 0.717) is 0 Å².